The van der Waals surface area contributed by atoms with Crippen molar-refractivity contribution < 1.29 is 18.8 Å². The van der Waals surface area contributed by atoms with Gasteiger partial charge in [0.2, 0.25) is 17.7 Å². The Kier molecular flexibility index (Phi) is 3.76. The minimum absolute atomic E-state index is 0.245. The first kappa shape index (κ1) is 19.0. The molecule has 3 amide bonds. The van der Waals surface area contributed by atoms with Crippen LogP contribution in [0.15, 0.2) is 36.4 Å². The molecule has 3 saturated heterocycles. The van der Waals surface area contributed by atoms with E-state index in [-0.39, 0.29) is 17.9 Å². The van der Waals surface area contributed by atoms with Gasteiger partial charge in [0, 0.05) is 22.3 Å². The summed E-state index contributed by atoms with van der Waals surface area (Å²) in [5, 5.41) is 3.26. The molecule has 4 aliphatic heterocycles. The molecule has 6 rings (SSSR count). The predicted molar refractivity (Wildman–Crippen MR) is 112 cm³/mol. The molecule has 0 unspecified atom stereocenters. The van der Waals surface area contributed by atoms with E-state index < -0.39 is 29.1 Å². The smallest absolute Gasteiger partial charge is 0.250 e. The lowest BCUT2D eigenvalue weighted by atomic mass is 9.75. The molecule has 0 aliphatic carbocycles. The molecule has 2 aromatic carbocycles. The highest BCUT2D eigenvalue weighted by molar-refractivity contribution is 6.32. The second-order valence-corrected chi connectivity index (χ2v) is 9.20. The van der Waals surface area contributed by atoms with E-state index in [4.69, 9.17) is 11.6 Å². The number of aryl methyl sites for hydroxylation is 1. The van der Waals surface area contributed by atoms with Crippen LogP contribution in [0.4, 0.5) is 15.8 Å². The third-order valence-electron chi connectivity index (χ3n) is 7.37. The number of anilines is 2. The van der Waals surface area contributed by atoms with Gasteiger partial charge in [-0.3, -0.25) is 19.3 Å². The van der Waals surface area contributed by atoms with Gasteiger partial charge in [-0.25, -0.2) is 9.29 Å². The Balaban J connectivity index is 1.58. The van der Waals surface area contributed by atoms with Gasteiger partial charge >= 0.3 is 0 Å². The predicted octanol–water partition coefficient (Wildman–Crippen LogP) is 3.22. The molecule has 2 aromatic rings. The summed E-state index contributed by atoms with van der Waals surface area (Å²) < 4.78 is 14.3. The van der Waals surface area contributed by atoms with Crippen molar-refractivity contribution in [1.29, 1.82) is 0 Å². The Labute approximate surface area is 183 Å². The zero-order valence-electron chi connectivity index (χ0n) is 16.7. The fourth-order valence-corrected chi connectivity index (χ4v) is 6.40. The third kappa shape index (κ3) is 2.18. The van der Waals surface area contributed by atoms with Gasteiger partial charge in [-0.1, -0.05) is 17.7 Å². The van der Waals surface area contributed by atoms with Gasteiger partial charge in [0.05, 0.1) is 17.5 Å². The molecule has 0 aromatic heterocycles. The zero-order chi connectivity index (χ0) is 21.7. The molecular weight excluding hydrogens is 421 g/mol. The average molecular weight is 440 g/mol. The van der Waals surface area contributed by atoms with Crippen molar-refractivity contribution in [2.45, 2.75) is 31.3 Å². The monoisotopic (exact) mass is 439 g/mol. The largest absolute Gasteiger partial charge is 0.324 e. The van der Waals surface area contributed by atoms with Crippen molar-refractivity contribution in [3.63, 3.8) is 0 Å². The fraction of sp³-hybridized carbons (Fsp3) is 0.348. The summed E-state index contributed by atoms with van der Waals surface area (Å²) in [4.78, 5) is 44.2. The van der Waals surface area contributed by atoms with Crippen LogP contribution in [-0.4, -0.2) is 35.2 Å². The first-order chi connectivity index (χ1) is 14.9. The summed E-state index contributed by atoms with van der Waals surface area (Å²) >= 11 is 6.17. The number of imide groups is 1. The Morgan fingerprint density at radius 1 is 1.13 bits per heavy atom. The molecular formula is C23H19ClFN3O3. The molecule has 0 saturated carbocycles. The molecule has 31 heavy (non-hydrogen) atoms. The molecule has 8 heteroatoms. The maximum absolute atomic E-state index is 14.3. The second kappa shape index (κ2) is 6.14. The molecule has 6 nitrogen and oxygen atoms in total. The van der Waals surface area contributed by atoms with Crippen LogP contribution in [0.5, 0.6) is 0 Å². The molecule has 0 radical (unpaired) electrons. The number of nitrogens with one attached hydrogen (secondary N) is 1. The van der Waals surface area contributed by atoms with Crippen molar-refractivity contribution in [3.8, 4) is 0 Å². The van der Waals surface area contributed by atoms with Crippen LogP contribution in [0.1, 0.15) is 24.0 Å². The SMILES string of the molecule is Cc1ccc(Cl)cc1N1C(=O)[C@H]2[C@@H](C1=O)[C@]1(C(=O)Nc3ccc(F)cc31)N1CCC[C@@H]21. The highest BCUT2D eigenvalue weighted by Gasteiger charge is 2.74. The zero-order valence-corrected chi connectivity index (χ0v) is 17.4. The summed E-state index contributed by atoms with van der Waals surface area (Å²) in [6.45, 7) is 2.39. The number of fused-ring (bicyclic) bond motifs is 7. The number of nitrogens with zero attached hydrogens (tertiary/aromatic N) is 2. The number of carbonyl (C=O) groups is 3. The summed E-state index contributed by atoms with van der Waals surface area (Å²) in [5.74, 6) is -3.15. The van der Waals surface area contributed by atoms with Crippen molar-refractivity contribution in [1.82, 2.24) is 4.90 Å². The Morgan fingerprint density at radius 3 is 2.74 bits per heavy atom. The molecule has 4 aliphatic rings. The molecule has 3 fully saturated rings. The van der Waals surface area contributed by atoms with Crippen LogP contribution in [0.25, 0.3) is 0 Å². The quantitative estimate of drug-likeness (QED) is 0.693. The minimum atomic E-state index is -1.38. The van der Waals surface area contributed by atoms with Gasteiger partial charge in [-0.05, 0) is 62.2 Å². The molecule has 4 atom stereocenters. The summed E-state index contributed by atoms with van der Waals surface area (Å²) in [6, 6.07) is 8.97. The third-order valence-corrected chi connectivity index (χ3v) is 7.60. The van der Waals surface area contributed by atoms with Gasteiger partial charge < -0.3 is 5.32 Å². The highest BCUT2D eigenvalue weighted by atomic mass is 35.5. The van der Waals surface area contributed by atoms with E-state index in [9.17, 15) is 18.8 Å². The van der Waals surface area contributed by atoms with E-state index in [2.05, 4.69) is 5.32 Å². The van der Waals surface area contributed by atoms with Crippen molar-refractivity contribution in [3.05, 3.63) is 58.4 Å². The highest BCUT2D eigenvalue weighted by Crippen LogP contribution is 2.60. The standard InChI is InChI=1S/C23H19ClFN3O3/c1-11-4-5-12(24)9-17(11)28-20(29)18-16-3-2-8-27(16)23(19(18)21(28)30)14-10-13(25)6-7-15(14)26-22(23)31/h4-7,9-10,16,18-19H,2-3,8H2,1H3,(H,26,31)/t16-,18+,19-,23+/m0/s1. The lowest BCUT2D eigenvalue weighted by Crippen LogP contribution is -2.54. The molecule has 4 heterocycles. The molecule has 0 bridgehead atoms. The minimum Gasteiger partial charge on any atom is -0.324 e. The van der Waals surface area contributed by atoms with Gasteiger partial charge in [0.1, 0.15) is 11.4 Å². The van der Waals surface area contributed by atoms with E-state index in [1.807, 2.05) is 11.8 Å². The van der Waals surface area contributed by atoms with Crippen LogP contribution >= 0.6 is 11.6 Å². The van der Waals surface area contributed by atoms with Gasteiger partial charge in [0.25, 0.3) is 0 Å². The van der Waals surface area contributed by atoms with Gasteiger partial charge in [-0.15, -0.1) is 0 Å². The van der Waals surface area contributed by atoms with E-state index in [1.165, 1.54) is 23.1 Å². The number of amides is 3. The lowest BCUT2D eigenvalue weighted by molar-refractivity contribution is -0.135. The number of halogens is 2. The topological polar surface area (TPSA) is 69.7 Å². The second-order valence-electron chi connectivity index (χ2n) is 8.76. The van der Waals surface area contributed by atoms with Crippen LogP contribution in [0.3, 0.4) is 0 Å². The maximum atomic E-state index is 14.3. The Bertz CT molecular complexity index is 1200. The number of rotatable bonds is 1. The number of hydrogen-bond donors (Lipinski definition) is 1. The van der Waals surface area contributed by atoms with Crippen LogP contribution < -0.4 is 10.2 Å². The first-order valence-corrected chi connectivity index (χ1v) is 10.8. The van der Waals surface area contributed by atoms with Crippen molar-refractivity contribution >= 4 is 40.7 Å². The van der Waals surface area contributed by atoms with E-state index >= 15 is 0 Å². The van der Waals surface area contributed by atoms with Gasteiger partial charge in [-0.2, -0.15) is 0 Å². The number of hydrogen-bond acceptors (Lipinski definition) is 4. The molecule has 1 N–H and O–H groups in total. The number of benzene rings is 2. The lowest BCUT2D eigenvalue weighted by Gasteiger charge is -2.36. The summed E-state index contributed by atoms with van der Waals surface area (Å²) in [5.41, 5.74) is 0.746. The molecule has 1 spiro atoms. The Morgan fingerprint density at radius 2 is 1.94 bits per heavy atom. The molecule has 158 valence electrons. The average Bonchev–Trinajstić information content (AvgIpc) is 3.43. The van der Waals surface area contributed by atoms with Crippen LogP contribution in [0, 0.1) is 24.6 Å². The summed E-state index contributed by atoms with van der Waals surface area (Å²) in [7, 11) is 0. The maximum Gasteiger partial charge on any atom is 0.250 e. The normalized spacial score (nSPS) is 31.4. The number of carbonyl (C=O) groups excluding carboxylic acids is 3. The van der Waals surface area contributed by atoms with Crippen LogP contribution in [0.2, 0.25) is 5.02 Å². The van der Waals surface area contributed by atoms with Crippen LogP contribution in [-0.2, 0) is 19.9 Å². The van der Waals surface area contributed by atoms with Crippen molar-refractivity contribution in [2.75, 3.05) is 16.8 Å². The fourth-order valence-electron chi connectivity index (χ4n) is 6.24. The first-order valence-electron chi connectivity index (χ1n) is 10.4. The van der Waals surface area contributed by atoms with E-state index in [0.29, 0.717) is 34.9 Å². The van der Waals surface area contributed by atoms with Gasteiger partial charge in [0.15, 0.2) is 0 Å². The van der Waals surface area contributed by atoms with Crippen molar-refractivity contribution in [2.24, 2.45) is 11.8 Å². The summed E-state index contributed by atoms with van der Waals surface area (Å²) in [6.07, 6.45) is 1.52. The Hall–Kier alpha value is -2.77. The van der Waals surface area contributed by atoms with E-state index in [0.717, 1.165) is 12.0 Å². The van der Waals surface area contributed by atoms with E-state index in [1.54, 1.807) is 18.2 Å².